The van der Waals surface area contributed by atoms with Crippen LogP contribution in [0.25, 0.3) is 0 Å². The molecule has 0 spiro atoms. The van der Waals surface area contributed by atoms with E-state index < -0.39 is 5.97 Å². The average Bonchev–Trinajstić information content (AvgIpc) is 3.28. The summed E-state index contributed by atoms with van der Waals surface area (Å²) in [6.45, 7) is 6.03. The summed E-state index contributed by atoms with van der Waals surface area (Å²) in [5.41, 5.74) is 1.22. The van der Waals surface area contributed by atoms with Gasteiger partial charge >= 0.3 is 5.97 Å². The van der Waals surface area contributed by atoms with Gasteiger partial charge in [-0.25, -0.2) is 0 Å². The normalized spacial score (nSPS) is 22.9. The Morgan fingerprint density at radius 1 is 1.36 bits per heavy atom. The quantitative estimate of drug-likeness (QED) is 0.682. The SMILES string of the molecule is CC(C)Oc1cccc(CNC2CC(N(CC(=O)O)CC3CC3)C2)c1. The van der Waals surface area contributed by atoms with Crippen LogP contribution in [0.5, 0.6) is 5.75 Å². The van der Waals surface area contributed by atoms with Crippen LogP contribution in [0, 0.1) is 5.92 Å². The average molecular weight is 346 g/mol. The molecule has 0 heterocycles. The summed E-state index contributed by atoms with van der Waals surface area (Å²) >= 11 is 0. The lowest BCUT2D eigenvalue weighted by molar-refractivity contribution is -0.139. The molecule has 0 unspecified atom stereocenters. The van der Waals surface area contributed by atoms with Crippen molar-refractivity contribution in [2.45, 2.75) is 64.3 Å². The summed E-state index contributed by atoms with van der Waals surface area (Å²) < 4.78 is 5.74. The van der Waals surface area contributed by atoms with E-state index in [4.69, 9.17) is 9.84 Å². The molecule has 0 atom stereocenters. The third-order valence-electron chi connectivity index (χ3n) is 5.02. The molecule has 0 aliphatic heterocycles. The van der Waals surface area contributed by atoms with Crippen molar-refractivity contribution >= 4 is 5.97 Å². The molecule has 0 saturated heterocycles. The molecule has 5 nitrogen and oxygen atoms in total. The lowest BCUT2D eigenvalue weighted by atomic mass is 9.85. The number of hydrogen-bond acceptors (Lipinski definition) is 4. The van der Waals surface area contributed by atoms with E-state index in [0.717, 1.165) is 37.6 Å². The second kappa shape index (κ2) is 8.19. The molecule has 2 fully saturated rings. The van der Waals surface area contributed by atoms with E-state index in [1.165, 1.54) is 18.4 Å². The van der Waals surface area contributed by atoms with E-state index in [1.807, 2.05) is 26.0 Å². The molecule has 1 aromatic carbocycles. The van der Waals surface area contributed by atoms with Gasteiger partial charge in [-0.05, 0) is 63.1 Å². The molecular formula is C20H30N2O3. The Morgan fingerprint density at radius 3 is 2.76 bits per heavy atom. The van der Waals surface area contributed by atoms with E-state index in [2.05, 4.69) is 22.3 Å². The number of benzene rings is 1. The smallest absolute Gasteiger partial charge is 0.317 e. The Hall–Kier alpha value is -1.59. The van der Waals surface area contributed by atoms with Crippen LogP contribution in [-0.2, 0) is 11.3 Å². The monoisotopic (exact) mass is 346 g/mol. The van der Waals surface area contributed by atoms with Gasteiger partial charge in [0.15, 0.2) is 0 Å². The van der Waals surface area contributed by atoms with E-state index >= 15 is 0 Å². The van der Waals surface area contributed by atoms with E-state index in [-0.39, 0.29) is 12.6 Å². The first kappa shape index (κ1) is 18.2. The molecule has 0 aromatic heterocycles. The van der Waals surface area contributed by atoms with Crippen LogP contribution in [0.1, 0.15) is 45.1 Å². The van der Waals surface area contributed by atoms with E-state index in [9.17, 15) is 4.79 Å². The summed E-state index contributed by atoms with van der Waals surface area (Å²) in [4.78, 5) is 13.3. The Labute approximate surface area is 150 Å². The maximum atomic E-state index is 11.1. The highest BCUT2D eigenvalue weighted by atomic mass is 16.5. The molecule has 1 aromatic rings. The molecular weight excluding hydrogens is 316 g/mol. The van der Waals surface area contributed by atoms with Crippen molar-refractivity contribution in [2.75, 3.05) is 13.1 Å². The van der Waals surface area contributed by atoms with E-state index in [0.29, 0.717) is 12.1 Å². The zero-order valence-electron chi connectivity index (χ0n) is 15.3. The van der Waals surface area contributed by atoms with Crippen LogP contribution in [0.2, 0.25) is 0 Å². The first-order valence-electron chi connectivity index (χ1n) is 9.44. The topological polar surface area (TPSA) is 61.8 Å². The number of aliphatic carboxylic acids is 1. The molecule has 5 heteroatoms. The second-order valence-electron chi connectivity index (χ2n) is 7.78. The fourth-order valence-corrected chi connectivity index (χ4v) is 3.46. The van der Waals surface area contributed by atoms with Crippen molar-refractivity contribution in [1.82, 2.24) is 10.2 Å². The molecule has 0 amide bonds. The van der Waals surface area contributed by atoms with Gasteiger partial charge in [0, 0.05) is 25.2 Å². The van der Waals surface area contributed by atoms with Crippen LogP contribution in [0.4, 0.5) is 0 Å². The predicted molar refractivity (Wildman–Crippen MR) is 97.8 cm³/mol. The Balaban J connectivity index is 1.42. The number of ether oxygens (including phenoxy) is 1. The molecule has 2 aliphatic rings. The van der Waals surface area contributed by atoms with Crippen LogP contribution in [0.3, 0.4) is 0 Å². The molecule has 138 valence electrons. The van der Waals surface area contributed by atoms with Gasteiger partial charge < -0.3 is 15.2 Å². The van der Waals surface area contributed by atoms with Gasteiger partial charge in [0.05, 0.1) is 12.6 Å². The first-order chi connectivity index (χ1) is 12.0. The van der Waals surface area contributed by atoms with Gasteiger partial charge in [0.2, 0.25) is 0 Å². The maximum absolute atomic E-state index is 11.1. The lowest BCUT2D eigenvalue weighted by Crippen LogP contribution is -2.54. The van der Waals surface area contributed by atoms with Crippen molar-refractivity contribution < 1.29 is 14.6 Å². The van der Waals surface area contributed by atoms with Crippen molar-refractivity contribution in [2.24, 2.45) is 5.92 Å². The maximum Gasteiger partial charge on any atom is 0.317 e. The Morgan fingerprint density at radius 2 is 2.12 bits per heavy atom. The van der Waals surface area contributed by atoms with Gasteiger partial charge in [-0.1, -0.05) is 12.1 Å². The Kier molecular flexibility index (Phi) is 5.97. The summed E-state index contributed by atoms with van der Waals surface area (Å²) in [5.74, 6) is 0.937. The highest BCUT2D eigenvalue weighted by Gasteiger charge is 2.36. The number of rotatable bonds is 10. The summed E-state index contributed by atoms with van der Waals surface area (Å²) in [6, 6.07) is 9.13. The lowest BCUT2D eigenvalue weighted by Gasteiger charge is -2.43. The minimum Gasteiger partial charge on any atom is -0.491 e. The standard InChI is InChI=1S/C20H30N2O3/c1-14(2)25-19-5-3-4-16(8-19)11-21-17-9-18(10-17)22(13-20(23)24)12-15-6-7-15/h3-5,8,14-15,17-18,21H,6-7,9-13H2,1-2H3,(H,23,24). The fraction of sp³-hybridized carbons (Fsp3) is 0.650. The van der Waals surface area contributed by atoms with Crippen LogP contribution < -0.4 is 10.1 Å². The van der Waals surface area contributed by atoms with Crippen molar-refractivity contribution in [3.05, 3.63) is 29.8 Å². The summed E-state index contributed by atoms with van der Waals surface area (Å²) in [5, 5.41) is 12.7. The Bertz CT molecular complexity index is 580. The van der Waals surface area contributed by atoms with Crippen LogP contribution in [0.15, 0.2) is 24.3 Å². The minimum absolute atomic E-state index is 0.183. The van der Waals surface area contributed by atoms with Gasteiger partial charge in [0.25, 0.3) is 0 Å². The summed E-state index contributed by atoms with van der Waals surface area (Å²) in [7, 11) is 0. The van der Waals surface area contributed by atoms with E-state index in [1.54, 1.807) is 0 Å². The van der Waals surface area contributed by atoms with Crippen LogP contribution >= 0.6 is 0 Å². The van der Waals surface area contributed by atoms with Gasteiger partial charge in [0.1, 0.15) is 5.75 Å². The molecule has 0 bridgehead atoms. The fourth-order valence-electron chi connectivity index (χ4n) is 3.46. The molecule has 2 aliphatic carbocycles. The van der Waals surface area contributed by atoms with Crippen LogP contribution in [-0.4, -0.2) is 47.3 Å². The number of hydrogen-bond donors (Lipinski definition) is 2. The summed E-state index contributed by atoms with van der Waals surface area (Å²) in [6.07, 6.45) is 4.80. The predicted octanol–water partition coefficient (Wildman–Crippen LogP) is 2.89. The third-order valence-corrected chi connectivity index (χ3v) is 5.02. The minimum atomic E-state index is -0.709. The van der Waals surface area contributed by atoms with Crippen molar-refractivity contribution in [1.29, 1.82) is 0 Å². The number of carbonyl (C=O) groups is 1. The van der Waals surface area contributed by atoms with Gasteiger partial charge in [-0.3, -0.25) is 9.69 Å². The zero-order chi connectivity index (χ0) is 17.8. The second-order valence-corrected chi connectivity index (χ2v) is 7.78. The third kappa shape index (κ3) is 5.72. The molecule has 3 rings (SSSR count). The molecule has 0 radical (unpaired) electrons. The molecule has 25 heavy (non-hydrogen) atoms. The molecule has 2 saturated carbocycles. The highest BCUT2D eigenvalue weighted by Crippen LogP contribution is 2.33. The van der Waals surface area contributed by atoms with Gasteiger partial charge in [-0.15, -0.1) is 0 Å². The number of carboxylic acids is 1. The highest BCUT2D eigenvalue weighted by molar-refractivity contribution is 5.69. The number of nitrogens with zero attached hydrogens (tertiary/aromatic N) is 1. The van der Waals surface area contributed by atoms with Gasteiger partial charge in [-0.2, -0.15) is 0 Å². The first-order valence-corrected chi connectivity index (χ1v) is 9.44. The zero-order valence-corrected chi connectivity index (χ0v) is 15.3. The van der Waals surface area contributed by atoms with Crippen molar-refractivity contribution in [3.63, 3.8) is 0 Å². The largest absolute Gasteiger partial charge is 0.491 e. The number of carboxylic acid groups (broad SMARTS) is 1. The molecule has 2 N–H and O–H groups in total. The number of nitrogens with one attached hydrogen (secondary N) is 1. The van der Waals surface area contributed by atoms with Crippen molar-refractivity contribution in [3.8, 4) is 5.75 Å².